The van der Waals surface area contributed by atoms with Crippen molar-refractivity contribution in [2.24, 2.45) is 11.8 Å². The van der Waals surface area contributed by atoms with Crippen molar-refractivity contribution in [3.63, 3.8) is 0 Å². The summed E-state index contributed by atoms with van der Waals surface area (Å²) in [5.74, 6) is -3.50. The van der Waals surface area contributed by atoms with Gasteiger partial charge in [-0.05, 0) is 68.0 Å². The van der Waals surface area contributed by atoms with Gasteiger partial charge in [0.15, 0.2) is 9.84 Å². The molecule has 2 fully saturated rings. The lowest BCUT2D eigenvalue weighted by molar-refractivity contribution is -0.348. The Kier molecular flexibility index (Phi) is 7.69. The van der Waals surface area contributed by atoms with Gasteiger partial charge in [-0.25, -0.2) is 17.2 Å². The number of nitrogens with one attached hydrogen (secondary N) is 1. The average Bonchev–Trinajstić information content (AvgIpc) is 3.37. The molecule has 240 valence electrons. The molecule has 2 N–H and O–H groups in total. The number of alkyl halides is 7. The van der Waals surface area contributed by atoms with E-state index in [2.05, 4.69) is 5.32 Å². The van der Waals surface area contributed by atoms with E-state index in [1.165, 1.54) is 4.90 Å². The molecule has 0 aromatic heterocycles. The summed E-state index contributed by atoms with van der Waals surface area (Å²) in [5, 5.41) is 11.9. The molecule has 3 aliphatic rings. The van der Waals surface area contributed by atoms with Gasteiger partial charge in [-0.1, -0.05) is 12.1 Å². The van der Waals surface area contributed by atoms with Crippen LogP contribution in [0.2, 0.25) is 0 Å². The maximum absolute atomic E-state index is 14.9. The fourth-order valence-corrected chi connectivity index (χ4v) is 9.10. The Bertz CT molecular complexity index is 1560. The van der Waals surface area contributed by atoms with Crippen molar-refractivity contribution in [3.05, 3.63) is 59.4 Å². The molecule has 7 nitrogen and oxygen atoms in total. The Morgan fingerprint density at radius 2 is 1.45 bits per heavy atom. The number of rotatable bonds is 5. The number of likely N-dealkylation sites (tertiary alicyclic amines) is 1. The highest BCUT2D eigenvalue weighted by Gasteiger charge is 2.74. The number of hydrogen-bond donors (Lipinski definition) is 2. The van der Waals surface area contributed by atoms with Gasteiger partial charge in [0.1, 0.15) is 10.6 Å². The number of hydrogen-bond acceptors (Lipinski definition) is 5. The number of fused-ring (bicyclic) bond motifs is 3. The van der Waals surface area contributed by atoms with Crippen LogP contribution in [-0.2, 0) is 29.8 Å². The van der Waals surface area contributed by atoms with E-state index in [0.717, 1.165) is 24.3 Å². The predicted octanol–water partition coefficient (Wildman–Crippen LogP) is 5.70. The SMILES string of the molecule is O=C(O)C1CCC(C(=O)N2CCC3(S(=O)(=O)c4ccc(F)cc4)c4ccc(C(F)(C(F)(F)F)C(F)(F)F)cc4NCC23)CC1. The van der Waals surface area contributed by atoms with Gasteiger partial charge in [0.25, 0.3) is 0 Å². The van der Waals surface area contributed by atoms with E-state index >= 15 is 0 Å². The molecule has 0 spiro atoms. The van der Waals surface area contributed by atoms with Crippen LogP contribution >= 0.6 is 0 Å². The highest BCUT2D eigenvalue weighted by atomic mass is 32.2. The summed E-state index contributed by atoms with van der Waals surface area (Å²) in [5.41, 5.74) is -8.32. The summed E-state index contributed by atoms with van der Waals surface area (Å²) in [6.45, 7) is -0.589. The number of carbonyl (C=O) groups is 2. The Labute approximate surface area is 246 Å². The van der Waals surface area contributed by atoms with Gasteiger partial charge in [-0.3, -0.25) is 9.59 Å². The molecule has 2 aromatic carbocycles. The molecule has 1 saturated carbocycles. The number of nitrogens with zero attached hydrogens (tertiary/aromatic N) is 1. The van der Waals surface area contributed by atoms with Crippen LogP contribution in [0.5, 0.6) is 0 Å². The molecule has 44 heavy (non-hydrogen) atoms. The van der Waals surface area contributed by atoms with Crippen LogP contribution in [0, 0.1) is 17.7 Å². The number of sulfone groups is 1. The van der Waals surface area contributed by atoms with Gasteiger partial charge < -0.3 is 15.3 Å². The van der Waals surface area contributed by atoms with Crippen LogP contribution in [-0.4, -0.2) is 61.8 Å². The second kappa shape index (κ2) is 10.6. The number of benzene rings is 2. The van der Waals surface area contributed by atoms with E-state index in [-0.39, 0.29) is 56.3 Å². The Morgan fingerprint density at radius 3 is 2.00 bits per heavy atom. The zero-order valence-electron chi connectivity index (χ0n) is 22.7. The van der Waals surface area contributed by atoms with Gasteiger partial charge in [-0.15, -0.1) is 0 Å². The molecule has 0 radical (unpaired) electrons. The van der Waals surface area contributed by atoms with Gasteiger partial charge in [0.2, 0.25) is 5.91 Å². The summed E-state index contributed by atoms with van der Waals surface area (Å²) < 4.78 is 136. The number of carbonyl (C=O) groups excluding carboxylic acids is 1. The molecule has 1 aliphatic carbocycles. The first-order valence-electron chi connectivity index (χ1n) is 13.6. The molecule has 2 aromatic rings. The predicted molar refractivity (Wildman–Crippen MR) is 138 cm³/mol. The van der Waals surface area contributed by atoms with Crippen LogP contribution < -0.4 is 5.32 Å². The summed E-state index contributed by atoms with van der Waals surface area (Å²) >= 11 is 0. The largest absolute Gasteiger partial charge is 0.481 e. The van der Waals surface area contributed by atoms with E-state index in [1.807, 2.05) is 0 Å². The lowest BCUT2D eigenvalue weighted by Gasteiger charge is -2.44. The second-order valence-corrected chi connectivity index (χ2v) is 13.5. The number of halogens is 8. The Balaban J connectivity index is 1.62. The van der Waals surface area contributed by atoms with Gasteiger partial charge in [-0.2, -0.15) is 26.3 Å². The molecular formula is C28H26F8N2O5S. The minimum Gasteiger partial charge on any atom is -0.481 e. The van der Waals surface area contributed by atoms with Crippen molar-refractivity contribution in [1.29, 1.82) is 0 Å². The molecule has 2 aliphatic heterocycles. The quantitative estimate of drug-likeness (QED) is 0.317. The summed E-state index contributed by atoms with van der Waals surface area (Å²) in [6.07, 6.45) is -12.2. The number of carboxylic acid groups (broad SMARTS) is 1. The maximum atomic E-state index is 14.9. The van der Waals surface area contributed by atoms with Crippen LogP contribution in [0.4, 0.5) is 40.8 Å². The van der Waals surface area contributed by atoms with Crippen molar-refractivity contribution in [2.45, 2.75) is 65.8 Å². The minimum atomic E-state index is -6.40. The van der Waals surface area contributed by atoms with E-state index in [4.69, 9.17) is 0 Å². The molecule has 5 rings (SSSR count). The molecule has 0 bridgehead atoms. The summed E-state index contributed by atoms with van der Waals surface area (Å²) in [6, 6.07) is 3.67. The third kappa shape index (κ3) is 4.70. The first-order valence-corrected chi connectivity index (χ1v) is 15.1. The van der Waals surface area contributed by atoms with Crippen molar-refractivity contribution < 1.29 is 58.2 Å². The lowest BCUT2D eigenvalue weighted by atomic mass is 9.80. The molecule has 2 heterocycles. The fraction of sp³-hybridized carbons (Fsp3) is 0.500. The van der Waals surface area contributed by atoms with Crippen LogP contribution in [0.15, 0.2) is 47.4 Å². The molecular weight excluding hydrogens is 628 g/mol. The second-order valence-electron chi connectivity index (χ2n) is 11.3. The molecule has 1 saturated heterocycles. The zero-order valence-corrected chi connectivity index (χ0v) is 23.5. The topological polar surface area (TPSA) is 104 Å². The van der Waals surface area contributed by atoms with Crippen molar-refractivity contribution >= 4 is 27.4 Å². The Hall–Kier alpha value is -3.43. The number of carboxylic acids is 1. The molecule has 2 unspecified atom stereocenters. The fourth-order valence-electron chi connectivity index (χ4n) is 6.79. The van der Waals surface area contributed by atoms with E-state index in [1.54, 1.807) is 0 Å². The van der Waals surface area contributed by atoms with E-state index in [9.17, 15) is 58.2 Å². The number of amides is 1. The summed E-state index contributed by atoms with van der Waals surface area (Å²) in [4.78, 5) is 26.0. The monoisotopic (exact) mass is 654 g/mol. The lowest BCUT2D eigenvalue weighted by Crippen LogP contribution is -2.56. The first kappa shape index (κ1) is 32.0. The molecule has 16 heteroatoms. The van der Waals surface area contributed by atoms with Gasteiger partial charge in [0.05, 0.1) is 16.9 Å². The van der Waals surface area contributed by atoms with Gasteiger partial charge in [0, 0.05) is 30.3 Å². The van der Waals surface area contributed by atoms with Crippen molar-refractivity contribution in [2.75, 3.05) is 18.4 Å². The van der Waals surface area contributed by atoms with Crippen LogP contribution in [0.3, 0.4) is 0 Å². The minimum absolute atomic E-state index is 0.163. The smallest absolute Gasteiger partial charge is 0.435 e. The number of anilines is 1. The Morgan fingerprint density at radius 1 is 0.886 bits per heavy atom. The third-order valence-corrected chi connectivity index (χ3v) is 11.6. The number of aliphatic carboxylic acids is 1. The standard InChI is InChI=1S/C28H26F8N2O5S/c29-18-6-8-19(9-7-18)44(42,43)25-11-12-38(23(39)15-1-3-16(4-2-15)24(40)41)22(25)14-37-21-13-17(5-10-20(21)25)26(30,27(31,32)33)28(34,35)36/h5-10,13,15-16,22,37H,1-4,11-12,14H2,(H,40,41). The van der Waals surface area contributed by atoms with Crippen LogP contribution in [0.1, 0.15) is 43.2 Å². The van der Waals surface area contributed by atoms with E-state index < -0.39 is 90.9 Å². The third-order valence-electron chi connectivity index (χ3n) is 9.09. The normalized spacial score (nSPS) is 26.0. The average molecular weight is 655 g/mol. The highest BCUT2D eigenvalue weighted by Crippen LogP contribution is 2.57. The molecule has 2 atom stereocenters. The van der Waals surface area contributed by atoms with Gasteiger partial charge >= 0.3 is 24.0 Å². The highest BCUT2D eigenvalue weighted by molar-refractivity contribution is 7.92. The summed E-state index contributed by atoms with van der Waals surface area (Å²) in [7, 11) is -4.63. The van der Waals surface area contributed by atoms with Crippen LogP contribution in [0.25, 0.3) is 0 Å². The van der Waals surface area contributed by atoms with Crippen molar-refractivity contribution in [1.82, 2.24) is 4.90 Å². The first-order chi connectivity index (χ1) is 20.4. The zero-order chi connectivity index (χ0) is 32.5. The van der Waals surface area contributed by atoms with E-state index in [0.29, 0.717) is 6.07 Å². The molecule has 1 amide bonds. The maximum Gasteiger partial charge on any atom is 0.435 e. The van der Waals surface area contributed by atoms with Crippen molar-refractivity contribution in [3.8, 4) is 0 Å².